The van der Waals surface area contributed by atoms with E-state index in [2.05, 4.69) is 5.32 Å². The summed E-state index contributed by atoms with van der Waals surface area (Å²) in [6, 6.07) is 0.162. The van der Waals surface area contributed by atoms with Crippen LogP contribution in [0.2, 0.25) is 0 Å². The van der Waals surface area contributed by atoms with Gasteiger partial charge < -0.3 is 10.1 Å². The zero-order chi connectivity index (χ0) is 7.14. The number of carbonyl (C=O) groups excluding carboxylic acids is 2. The highest BCUT2D eigenvalue weighted by molar-refractivity contribution is 5.84. The van der Waals surface area contributed by atoms with Crippen molar-refractivity contribution in [3.63, 3.8) is 0 Å². The molecule has 2 fully saturated rings. The quantitative estimate of drug-likeness (QED) is 0.507. The molecule has 1 amide bonds. The smallest absolute Gasteiger partial charge is 0.223 e. The van der Waals surface area contributed by atoms with Gasteiger partial charge >= 0.3 is 0 Å². The summed E-state index contributed by atoms with van der Waals surface area (Å²) in [4.78, 5) is 21.2. The van der Waals surface area contributed by atoms with E-state index in [4.69, 9.17) is 0 Å². The molecule has 10 heavy (non-hydrogen) atoms. The Bertz CT molecular complexity index is 190. The molecule has 1 saturated heterocycles. The van der Waals surface area contributed by atoms with Crippen LogP contribution in [0.5, 0.6) is 0 Å². The molecule has 0 aromatic rings. The molecule has 0 aromatic heterocycles. The summed E-state index contributed by atoms with van der Waals surface area (Å²) in [5, 5.41) is 2.78. The zero-order valence-electron chi connectivity index (χ0n) is 5.54. The van der Waals surface area contributed by atoms with Crippen LogP contribution in [0.25, 0.3) is 0 Å². The van der Waals surface area contributed by atoms with Crippen molar-refractivity contribution in [3.05, 3.63) is 0 Å². The number of aldehydes is 1. The topological polar surface area (TPSA) is 46.2 Å². The van der Waals surface area contributed by atoms with Gasteiger partial charge in [-0.2, -0.15) is 0 Å². The molecule has 3 nitrogen and oxygen atoms in total. The van der Waals surface area contributed by atoms with E-state index in [1.54, 1.807) is 0 Å². The largest absolute Gasteiger partial charge is 0.352 e. The van der Waals surface area contributed by atoms with E-state index in [1.807, 2.05) is 0 Å². The first-order valence-corrected chi connectivity index (χ1v) is 3.57. The lowest BCUT2D eigenvalue weighted by Crippen LogP contribution is -2.37. The van der Waals surface area contributed by atoms with Crippen molar-refractivity contribution in [2.45, 2.75) is 18.9 Å². The fraction of sp³-hybridized carbons (Fsp3) is 0.714. The Kier molecular flexibility index (Phi) is 1.07. The Balaban J connectivity index is 2.15. The Morgan fingerprint density at radius 1 is 1.50 bits per heavy atom. The number of piperidine rings is 1. The molecule has 2 aliphatic rings. The molecule has 1 N–H and O–H groups in total. The normalized spacial score (nSPS) is 43.6. The summed E-state index contributed by atoms with van der Waals surface area (Å²) in [7, 11) is 0. The summed E-state index contributed by atoms with van der Waals surface area (Å²) < 4.78 is 0. The lowest BCUT2D eigenvalue weighted by molar-refractivity contribution is -0.125. The molecule has 3 heteroatoms. The standard InChI is InChI=1S/C7H9NO2/c9-3-5-1-4-2-6(5)8-7(4)10/h3-6H,1-2H2,(H,8,10). The highest BCUT2D eigenvalue weighted by atomic mass is 16.2. The maximum Gasteiger partial charge on any atom is 0.223 e. The Morgan fingerprint density at radius 2 is 2.30 bits per heavy atom. The molecule has 3 atom stereocenters. The zero-order valence-corrected chi connectivity index (χ0v) is 5.54. The van der Waals surface area contributed by atoms with Gasteiger partial charge in [0, 0.05) is 17.9 Å². The lowest BCUT2D eigenvalue weighted by Gasteiger charge is -2.16. The van der Waals surface area contributed by atoms with E-state index in [0.29, 0.717) is 0 Å². The van der Waals surface area contributed by atoms with Gasteiger partial charge in [0.1, 0.15) is 6.29 Å². The molecule has 0 radical (unpaired) electrons. The van der Waals surface area contributed by atoms with Gasteiger partial charge in [0.2, 0.25) is 5.91 Å². The third-order valence-corrected chi connectivity index (χ3v) is 2.49. The summed E-state index contributed by atoms with van der Waals surface area (Å²) in [6.07, 6.45) is 2.62. The van der Waals surface area contributed by atoms with E-state index in [0.717, 1.165) is 19.1 Å². The van der Waals surface area contributed by atoms with Crippen LogP contribution in [0.1, 0.15) is 12.8 Å². The Morgan fingerprint density at radius 3 is 2.70 bits per heavy atom. The van der Waals surface area contributed by atoms with Crippen molar-refractivity contribution in [2.24, 2.45) is 11.8 Å². The number of fused-ring (bicyclic) bond motifs is 2. The van der Waals surface area contributed by atoms with Crippen LogP contribution in [0.15, 0.2) is 0 Å². The second-order valence-electron chi connectivity index (χ2n) is 3.08. The number of rotatable bonds is 1. The van der Waals surface area contributed by atoms with Gasteiger partial charge in [-0.05, 0) is 12.8 Å². The highest BCUT2D eigenvalue weighted by Crippen LogP contribution is 2.35. The number of nitrogens with one attached hydrogen (secondary N) is 1. The van der Waals surface area contributed by atoms with Gasteiger partial charge in [-0.1, -0.05) is 0 Å². The van der Waals surface area contributed by atoms with E-state index in [1.165, 1.54) is 0 Å². The third-order valence-electron chi connectivity index (χ3n) is 2.49. The van der Waals surface area contributed by atoms with Gasteiger partial charge in [-0.3, -0.25) is 4.79 Å². The lowest BCUT2D eigenvalue weighted by atomic mass is 10.0. The van der Waals surface area contributed by atoms with Gasteiger partial charge in [-0.15, -0.1) is 0 Å². The molecule has 2 rings (SSSR count). The van der Waals surface area contributed by atoms with Gasteiger partial charge in [0.15, 0.2) is 0 Å². The second-order valence-corrected chi connectivity index (χ2v) is 3.08. The molecule has 54 valence electrons. The predicted octanol–water partition coefficient (Wildman–Crippen LogP) is -0.290. The molecule has 0 spiro atoms. The summed E-state index contributed by atoms with van der Waals surface area (Å²) >= 11 is 0. The molecule has 1 aliphatic heterocycles. The number of hydrogen-bond acceptors (Lipinski definition) is 2. The number of carbonyl (C=O) groups is 2. The van der Waals surface area contributed by atoms with Crippen molar-refractivity contribution in [1.29, 1.82) is 0 Å². The molecule has 1 saturated carbocycles. The minimum Gasteiger partial charge on any atom is -0.352 e. The first-order chi connectivity index (χ1) is 4.81. The molecule has 1 heterocycles. The fourth-order valence-electron chi connectivity index (χ4n) is 1.90. The van der Waals surface area contributed by atoms with Crippen LogP contribution < -0.4 is 5.32 Å². The van der Waals surface area contributed by atoms with Crippen LogP contribution in [-0.2, 0) is 9.59 Å². The molecule has 3 unspecified atom stereocenters. The van der Waals surface area contributed by atoms with Crippen LogP contribution in [0.3, 0.4) is 0 Å². The average Bonchev–Trinajstić information content (AvgIpc) is 2.44. The molecule has 1 aliphatic carbocycles. The Labute approximate surface area is 58.8 Å². The van der Waals surface area contributed by atoms with Crippen molar-refractivity contribution in [2.75, 3.05) is 0 Å². The van der Waals surface area contributed by atoms with Crippen LogP contribution >= 0.6 is 0 Å². The van der Waals surface area contributed by atoms with E-state index >= 15 is 0 Å². The molecule has 0 aromatic carbocycles. The third kappa shape index (κ3) is 0.602. The first kappa shape index (κ1) is 5.89. The minimum absolute atomic E-state index is 0.0997. The van der Waals surface area contributed by atoms with Crippen LogP contribution in [0, 0.1) is 11.8 Å². The van der Waals surface area contributed by atoms with Crippen molar-refractivity contribution >= 4 is 12.2 Å². The molecular weight excluding hydrogens is 130 g/mol. The Hall–Kier alpha value is -0.860. The first-order valence-electron chi connectivity index (χ1n) is 3.57. The summed E-state index contributed by atoms with van der Waals surface area (Å²) in [5.41, 5.74) is 0. The predicted molar refractivity (Wildman–Crippen MR) is 34.2 cm³/mol. The maximum absolute atomic E-state index is 10.9. The number of hydrogen-bond donors (Lipinski definition) is 1. The minimum atomic E-state index is 0.0997. The van der Waals surface area contributed by atoms with Crippen LogP contribution in [0.4, 0.5) is 0 Å². The highest BCUT2D eigenvalue weighted by Gasteiger charge is 2.44. The molecular formula is C7H9NO2. The van der Waals surface area contributed by atoms with Gasteiger partial charge in [0.25, 0.3) is 0 Å². The van der Waals surface area contributed by atoms with Gasteiger partial charge in [-0.25, -0.2) is 0 Å². The fourth-order valence-corrected chi connectivity index (χ4v) is 1.90. The summed E-state index contributed by atoms with van der Waals surface area (Å²) in [5.74, 6) is 0.381. The second kappa shape index (κ2) is 1.81. The SMILES string of the molecule is O=CC1CC2CC1NC2=O. The van der Waals surface area contributed by atoms with Crippen molar-refractivity contribution in [1.82, 2.24) is 5.32 Å². The number of amides is 1. The van der Waals surface area contributed by atoms with Crippen LogP contribution in [-0.4, -0.2) is 18.2 Å². The van der Waals surface area contributed by atoms with E-state index in [9.17, 15) is 9.59 Å². The van der Waals surface area contributed by atoms with E-state index in [-0.39, 0.29) is 23.8 Å². The average molecular weight is 139 g/mol. The van der Waals surface area contributed by atoms with Gasteiger partial charge in [0.05, 0.1) is 0 Å². The summed E-state index contributed by atoms with van der Waals surface area (Å²) in [6.45, 7) is 0. The van der Waals surface area contributed by atoms with E-state index < -0.39 is 0 Å². The van der Waals surface area contributed by atoms with Crippen molar-refractivity contribution in [3.8, 4) is 0 Å². The molecule has 2 bridgehead atoms. The monoisotopic (exact) mass is 139 g/mol. The maximum atomic E-state index is 10.9. The van der Waals surface area contributed by atoms with Crippen molar-refractivity contribution < 1.29 is 9.59 Å².